The van der Waals surface area contributed by atoms with E-state index in [2.05, 4.69) is 40.8 Å². The van der Waals surface area contributed by atoms with Gasteiger partial charge in [-0.3, -0.25) is 4.98 Å². The third-order valence-corrected chi connectivity index (χ3v) is 3.32. The van der Waals surface area contributed by atoms with Crippen molar-refractivity contribution in [3.05, 3.63) is 52.3 Å². The molecule has 100 valence electrons. The number of halogens is 1. The van der Waals surface area contributed by atoms with Gasteiger partial charge in [0.25, 0.3) is 0 Å². The van der Waals surface area contributed by atoms with Crippen LogP contribution in [0.1, 0.15) is 31.0 Å². The molecule has 2 rings (SSSR count). The van der Waals surface area contributed by atoms with E-state index in [0.717, 1.165) is 27.2 Å². The van der Waals surface area contributed by atoms with Crippen molar-refractivity contribution in [3.63, 3.8) is 0 Å². The smallest absolute Gasteiger partial charge is 0.145 e. The number of nitrogens with two attached hydrogens (primary N) is 1. The zero-order chi connectivity index (χ0) is 13.8. The summed E-state index contributed by atoms with van der Waals surface area (Å²) in [6, 6.07) is 9.80. The number of rotatable bonds is 4. The second kappa shape index (κ2) is 6.17. The van der Waals surface area contributed by atoms with Gasteiger partial charge in [0.2, 0.25) is 0 Å². The van der Waals surface area contributed by atoms with Gasteiger partial charge in [0, 0.05) is 11.0 Å². The van der Waals surface area contributed by atoms with Gasteiger partial charge in [0.1, 0.15) is 11.5 Å². The molecule has 2 aromatic rings. The third-order valence-electron chi connectivity index (χ3n) is 2.83. The van der Waals surface area contributed by atoms with Crippen LogP contribution in [-0.4, -0.2) is 4.98 Å². The van der Waals surface area contributed by atoms with Crippen LogP contribution < -0.4 is 10.5 Å². The van der Waals surface area contributed by atoms with Crippen LogP contribution >= 0.6 is 15.9 Å². The maximum Gasteiger partial charge on any atom is 0.145 e. The van der Waals surface area contributed by atoms with Crippen molar-refractivity contribution in [2.24, 2.45) is 5.73 Å². The van der Waals surface area contributed by atoms with Crippen molar-refractivity contribution in [1.82, 2.24) is 4.98 Å². The van der Waals surface area contributed by atoms with Crippen molar-refractivity contribution in [3.8, 4) is 11.5 Å². The summed E-state index contributed by atoms with van der Waals surface area (Å²) in [5, 5.41) is 0. The SMILES string of the molecule is CC(C)c1cc(Br)ccc1Oc1ccc(CN)nc1. The van der Waals surface area contributed by atoms with Gasteiger partial charge in [-0.1, -0.05) is 29.8 Å². The fraction of sp³-hybridized carbons (Fsp3) is 0.267. The zero-order valence-electron chi connectivity index (χ0n) is 11.1. The normalized spacial score (nSPS) is 10.8. The van der Waals surface area contributed by atoms with Gasteiger partial charge < -0.3 is 10.5 Å². The lowest BCUT2D eigenvalue weighted by atomic mass is 10.0. The molecule has 0 aliphatic rings. The molecular formula is C15H17BrN2O. The van der Waals surface area contributed by atoms with E-state index in [1.165, 1.54) is 0 Å². The number of hydrogen-bond donors (Lipinski definition) is 1. The highest BCUT2D eigenvalue weighted by Gasteiger charge is 2.09. The first-order valence-electron chi connectivity index (χ1n) is 6.22. The molecule has 0 amide bonds. The lowest BCUT2D eigenvalue weighted by Gasteiger charge is -2.14. The Kier molecular flexibility index (Phi) is 4.56. The second-order valence-corrected chi connectivity index (χ2v) is 5.54. The third kappa shape index (κ3) is 3.55. The second-order valence-electron chi connectivity index (χ2n) is 4.63. The van der Waals surface area contributed by atoms with Gasteiger partial charge in [-0.05, 0) is 41.8 Å². The number of nitrogens with zero attached hydrogens (tertiary/aromatic N) is 1. The molecule has 3 nitrogen and oxygen atoms in total. The summed E-state index contributed by atoms with van der Waals surface area (Å²) < 4.78 is 6.96. The predicted octanol–water partition coefficient (Wildman–Crippen LogP) is 4.22. The van der Waals surface area contributed by atoms with E-state index in [0.29, 0.717) is 12.5 Å². The molecule has 0 atom stereocenters. The lowest BCUT2D eigenvalue weighted by Crippen LogP contribution is -1.99. The summed E-state index contributed by atoms with van der Waals surface area (Å²) in [6.07, 6.45) is 1.70. The van der Waals surface area contributed by atoms with Crippen LogP contribution in [-0.2, 0) is 6.54 Å². The van der Waals surface area contributed by atoms with Crippen molar-refractivity contribution >= 4 is 15.9 Å². The molecule has 0 aliphatic heterocycles. The number of ether oxygens (including phenoxy) is 1. The van der Waals surface area contributed by atoms with E-state index in [1.54, 1.807) is 6.20 Å². The molecule has 0 radical (unpaired) electrons. The zero-order valence-corrected chi connectivity index (χ0v) is 12.6. The molecular weight excluding hydrogens is 304 g/mol. The monoisotopic (exact) mass is 320 g/mol. The molecule has 1 aromatic heterocycles. The number of pyridine rings is 1. The first kappa shape index (κ1) is 14.0. The summed E-state index contributed by atoms with van der Waals surface area (Å²) in [7, 11) is 0. The van der Waals surface area contributed by atoms with Crippen LogP contribution in [0.2, 0.25) is 0 Å². The van der Waals surface area contributed by atoms with Gasteiger partial charge in [0.05, 0.1) is 11.9 Å². The first-order valence-corrected chi connectivity index (χ1v) is 7.01. The minimum absolute atomic E-state index is 0.392. The van der Waals surface area contributed by atoms with E-state index >= 15 is 0 Å². The van der Waals surface area contributed by atoms with Gasteiger partial charge in [0.15, 0.2) is 0 Å². The molecule has 0 saturated heterocycles. The van der Waals surface area contributed by atoms with Gasteiger partial charge in [-0.2, -0.15) is 0 Å². The highest BCUT2D eigenvalue weighted by atomic mass is 79.9. The first-order chi connectivity index (χ1) is 9.10. The summed E-state index contributed by atoms with van der Waals surface area (Å²) >= 11 is 3.49. The average molecular weight is 321 g/mol. The minimum atomic E-state index is 0.392. The molecule has 0 fully saturated rings. The van der Waals surface area contributed by atoms with E-state index in [4.69, 9.17) is 10.5 Å². The van der Waals surface area contributed by atoms with Crippen molar-refractivity contribution in [2.45, 2.75) is 26.3 Å². The Morgan fingerprint density at radius 1 is 1.26 bits per heavy atom. The Labute approximate surface area is 121 Å². The summed E-state index contributed by atoms with van der Waals surface area (Å²) in [4.78, 5) is 4.23. The van der Waals surface area contributed by atoms with Crippen molar-refractivity contribution in [2.75, 3.05) is 0 Å². The molecule has 19 heavy (non-hydrogen) atoms. The van der Waals surface area contributed by atoms with Crippen LogP contribution in [0.5, 0.6) is 11.5 Å². The van der Waals surface area contributed by atoms with Gasteiger partial charge in [-0.25, -0.2) is 0 Å². The average Bonchev–Trinajstić information content (AvgIpc) is 2.41. The summed E-state index contributed by atoms with van der Waals surface area (Å²) in [6.45, 7) is 4.73. The summed E-state index contributed by atoms with van der Waals surface area (Å²) in [5.74, 6) is 1.98. The fourth-order valence-corrected chi connectivity index (χ4v) is 2.16. The topological polar surface area (TPSA) is 48.1 Å². The molecule has 2 N–H and O–H groups in total. The quantitative estimate of drug-likeness (QED) is 0.917. The Balaban J connectivity index is 2.26. The van der Waals surface area contributed by atoms with Gasteiger partial charge in [-0.15, -0.1) is 0 Å². The molecule has 0 aliphatic carbocycles. The molecule has 0 unspecified atom stereocenters. The molecule has 0 spiro atoms. The maximum atomic E-state index is 5.90. The van der Waals surface area contributed by atoms with Crippen LogP contribution in [0.4, 0.5) is 0 Å². The molecule has 0 bridgehead atoms. The van der Waals surface area contributed by atoms with Gasteiger partial charge >= 0.3 is 0 Å². The van der Waals surface area contributed by atoms with Crippen molar-refractivity contribution in [1.29, 1.82) is 0 Å². The standard InChI is InChI=1S/C15H17BrN2O/c1-10(2)14-7-11(16)3-6-15(14)19-13-5-4-12(8-17)18-9-13/h3-7,9-10H,8,17H2,1-2H3. The van der Waals surface area contributed by atoms with Crippen molar-refractivity contribution < 1.29 is 4.74 Å². The van der Waals surface area contributed by atoms with Crippen LogP contribution in [0.3, 0.4) is 0 Å². The molecule has 1 aromatic carbocycles. The maximum absolute atomic E-state index is 5.90. The predicted molar refractivity (Wildman–Crippen MR) is 80.4 cm³/mol. The van der Waals surface area contributed by atoms with E-state index in [9.17, 15) is 0 Å². The number of hydrogen-bond acceptors (Lipinski definition) is 3. The largest absolute Gasteiger partial charge is 0.455 e. The number of benzene rings is 1. The molecule has 1 heterocycles. The lowest BCUT2D eigenvalue weighted by molar-refractivity contribution is 0.470. The van der Waals surface area contributed by atoms with E-state index in [1.807, 2.05) is 24.3 Å². The van der Waals surface area contributed by atoms with Crippen LogP contribution in [0.25, 0.3) is 0 Å². The Morgan fingerprint density at radius 2 is 2.05 bits per heavy atom. The Bertz CT molecular complexity index is 553. The van der Waals surface area contributed by atoms with E-state index < -0.39 is 0 Å². The molecule has 0 saturated carbocycles. The number of aromatic nitrogens is 1. The summed E-state index contributed by atoms with van der Waals surface area (Å²) in [5.41, 5.74) is 7.54. The fourth-order valence-electron chi connectivity index (χ4n) is 1.78. The molecule has 4 heteroatoms. The van der Waals surface area contributed by atoms with Crippen LogP contribution in [0, 0.1) is 0 Å². The highest BCUT2D eigenvalue weighted by Crippen LogP contribution is 2.32. The van der Waals surface area contributed by atoms with E-state index in [-0.39, 0.29) is 0 Å². The Morgan fingerprint density at radius 3 is 2.63 bits per heavy atom. The minimum Gasteiger partial charge on any atom is -0.455 e. The Hall–Kier alpha value is -1.39. The highest BCUT2D eigenvalue weighted by molar-refractivity contribution is 9.10. The van der Waals surface area contributed by atoms with Crippen LogP contribution in [0.15, 0.2) is 41.0 Å².